The van der Waals surface area contributed by atoms with Gasteiger partial charge in [-0.15, -0.1) is 0 Å². The summed E-state index contributed by atoms with van der Waals surface area (Å²) in [6.07, 6.45) is 0.910. The monoisotopic (exact) mass is 253 g/mol. The number of ether oxygens (including phenoxy) is 1. The Balaban J connectivity index is 2.36. The van der Waals surface area contributed by atoms with E-state index in [0.717, 1.165) is 12.0 Å². The summed E-state index contributed by atoms with van der Waals surface area (Å²) in [5.41, 5.74) is 0.889. The Bertz CT molecular complexity index is 405. The summed E-state index contributed by atoms with van der Waals surface area (Å²) in [6, 6.07) is 4.58. The highest BCUT2D eigenvalue weighted by atomic mass is 19.1. The van der Waals surface area contributed by atoms with Gasteiger partial charge in [0.25, 0.3) is 5.91 Å². The Morgan fingerprint density at radius 3 is 2.78 bits per heavy atom. The van der Waals surface area contributed by atoms with E-state index in [-0.39, 0.29) is 17.6 Å². The van der Waals surface area contributed by atoms with Gasteiger partial charge in [-0.25, -0.2) is 4.39 Å². The highest BCUT2D eigenvalue weighted by Gasteiger charge is 2.10. The molecule has 4 heteroatoms. The molecule has 0 aliphatic heterocycles. The highest BCUT2D eigenvalue weighted by molar-refractivity contribution is 5.94. The van der Waals surface area contributed by atoms with E-state index >= 15 is 0 Å². The lowest BCUT2D eigenvalue weighted by molar-refractivity contribution is 0.0756. The van der Waals surface area contributed by atoms with Crippen LogP contribution in [0.2, 0.25) is 0 Å². The largest absolute Gasteiger partial charge is 0.379 e. The van der Waals surface area contributed by atoms with Crippen LogP contribution in [0.3, 0.4) is 0 Å². The fraction of sp³-hybridized carbons (Fsp3) is 0.500. The van der Waals surface area contributed by atoms with E-state index < -0.39 is 5.82 Å². The molecule has 0 atom stereocenters. The molecule has 0 spiro atoms. The summed E-state index contributed by atoms with van der Waals surface area (Å²) in [5, 5.41) is 2.67. The molecule has 1 amide bonds. The number of halogens is 1. The molecular formula is C14H20FNO2. The minimum absolute atomic E-state index is 0.0883. The molecule has 0 aromatic heterocycles. The number of hydrogen-bond donors (Lipinski definition) is 1. The van der Waals surface area contributed by atoms with Crippen molar-refractivity contribution in [2.24, 2.45) is 0 Å². The SMILES string of the molecule is Cc1ccc(C(=O)NCCCOC(C)C)c(F)c1. The summed E-state index contributed by atoms with van der Waals surface area (Å²) in [5.74, 6) is -0.858. The molecule has 3 nitrogen and oxygen atoms in total. The van der Waals surface area contributed by atoms with E-state index in [1.165, 1.54) is 12.1 Å². The molecule has 0 radical (unpaired) electrons. The Morgan fingerprint density at radius 2 is 2.17 bits per heavy atom. The maximum absolute atomic E-state index is 13.5. The van der Waals surface area contributed by atoms with Crippen LogP contribution in [0.15, 0.2) is 18.2 Å². The third-order valence-corrected chi connectivity index (χ3v) is 2.43. The van der Waals surface area contributed by atoms with Gasteiger partial charge in [-0.2, -0.15) is 0 Å². The Morgan fingerprint density at radius 1 is 1.44 bits per heavy atom. The number of hydrogen-bond acceptors (Lipinski definition) is 2. The second-order valence-corrected chi connectivity index (χ2v) is 4.51. The lowest BCUT2D eigenvalue weighted by Gasteiger charge is -2.09. The van der Waals surface area contributed by atoms with Gasteiger partial charge in [0.15, 0.2) is 0 Å². The van der Waals surface area contributed by atoms with Crippen LogP contribution in [0.1, 0.15) is 36.2 Å². The maximum atomic E-state index is 13.5. The van der Waals surface area contributed by atoms with E-state index in [4.69, 9.17) is 4.74 Å². The average molecular weight is 253 g/mol. The molecule has 1 rings (SSSR count). The predicted octanol–water partition coefficient (Wildman–Crippen LogP) is 2.68. The van der Waals surface area contributed by atoms with Crippen molar-refractivity contribution in [3.63, 3.8) is 0 Å². The van der Waals surface area contributed by atoms with Crippen LogP contribution in [0, 0.1) is 12.7 Å². The first kappa shape index (κ1) is 14.6. The summed E-state index contributed by atoms with van der Waals surface area (Å²) >= 11 is 0. The Labute approximate surface area is 107 Å². The average Bonchev–Trinajstić information content (AvgIpc) is 2.27. The van der Waals surface area contributed by atoms with E-state index in [1.807, 2.05) is 13.8 Å². The predicted molar refractivity (Wildman–Crippen MR) is 69.2 cm³/mol. The van der Waals surface area contributed by atoms with Crippen molar-refractivity contribution in [3.8, 4) is 0 Å². The van der Waals surface area contributed by atoms with Crippen LogP contribution in [0.5, 0.6) is 0 Å². The standard InChI is InChI=1S/C14H20FNO2/c1-10(2)18-8-4-7-16-14(17)12-6-5-11(3)9-13(12)15/h5-6,9-10H,4,7-8H2,1-3H3,(H,16,17). The molecule has 0 fully saturated rings. The number of aryl methyl sites for hydroxylation is 1. The number of nitrogens with one attached hydrogen (secondary N) is 1. The van der Waals surface area contributed by atoms with Crippen molar-refractivity contribution >= 4 is 5.91 Å². The highest BCUT2D eigenvalue weighted by Crippen LogP contribution is 2.09. The van der Waals surface area contributed by atoms with Crippen LogP contribution in [0.4, 0.5) is 4.39 Å². The fourth-order valence-electron chi connectivity index (χ4n) is 1.49. The van der Waals surface area contributed by atoms with Gasteiger partial charge in [0.2, 0.25) is 0 Å². The molecule has 0 bridgehead atoms. The third-order valence-electron chi connectivity index (χ3n) is 2.43. The van der Waals surface area contributed by atoms with Crippen LogP contribution in [0.25, 0.3) is 0 Å². The van der Waals surface area contributed by atoms with Crippen molar-refractivity contribution in [2.45, 2.75) is 33.3 Å². The Kier molecular flexibility index (Phi) is 5.78. The van der Waals surface area contributed by atoms with E-state index in [9.17, 15) is 9.18 Å². The minimum Gasteiger partial charge on any atom is -0.379 e. The van der Waals surface area contributed by atoms with Gasteiger partial charge in [0, 0.05) is 13.2 Å². The summed E-state index contributed by atoms with van der Waals surface area (Å²) in [4.78, 5) is 11.7. The number of carbonyl (C=O) groups excluding carboxylic acids is 1. The van der Waals surface area contributed by atoms with E-state index in [0.29, 0.717) is 13.2 Å². The topological polar surface area (TPSA) is 38.3 Å². The lowest BCUT2D eigenvalue weighted by atomic mass is 10.1. The Hall–Kier alpha value is -1.42. The van der Waals surface area contributed by atoms with Gasteiger partial charge >= 0.3 is 0 Å². The van der Waals surface area contributed by atoms with Crippen LogP contribution in [-0.2, 0) is 4.74 Å². The molecule has 1 aromatic carbocycles. The zero-order valence-electron chi connectivity index (χ0n) is 11.1. The second kappa shape index (κ2) is 7.11. The zero-order valence-corrected chi connectivity index (χ0v) is 11.1. The normalized spacial score (nSPS) is 10.7. The van der Waals surface area contributed by atoms with Gasteiger partial charge < -0.3 is 10.1 Å². The molecule has 18 heavy (non-hydrogen) atoms. The first-order valence-electron chi connectivity index (χ1n) is 6.16. The fourth-order valence-corrected chi connectivity index (χ4v) is 1.49. The molecule has 1 N–H and O–H groups in total. The van der Waals surface area contributed by atoms with Crippen molar-refractivity contribution < 1.29 is 13.9 Å². The minimum atomic E-state index is -0.481. The summed E-state index contributed by atoms with van der Waals surface area (Å²) in [6.45, 7) is 6.78. The number of benzene rings is 1. The van der Waals surface area contributed by atoms with Gasteiger partial charge in [-0.1, -0.05) is 6.07 Å². The lowest BCUT2D eigenvalue weighted by Crippen LogP contribution is -2.26. The molecule has 0 aliphatic rings. The molecule has 1 aromatic rings. The second-order valence-electron chi connectivity index (χ2n) is 4.51. The maximum Gasteiger partial charge on any atom is 0.254 e. The summed E-state index contributed by atoms with van der Waals surface area (Å²) < 4.78 is 18.8. The molecular weight excluding hydrogens is 233 g/mol. The molecule has 0 unspecified atom stereocenters. The van der Waals surface area contributed by atoms with E-state index in [2.05, 4.69) is 5.32 Å². The molecule has 0 saturated carbocycles. The number of amides is 1. The smallest absolute Gasteiger partial charge is 0.254 e. The van der Waals surface area contributed by atoms with E-state index in [1.54, 1.807) is 13.0 Å². The quantitative estimate of drug-likeness (QED) is 0.792. The van der Waals surface area contributed by atoms with Gasteiger partial charge in [0.05, 0.1) is 11.7 Å². The molecule has 0 heterocycles. The molecule has 0 aliphatic carbocycles. The van der Waals surface area contributed by atoms with Crippen LogP contribution >= 0.6 is 0 Å². The summed E-state index contributed by atoms with van der Waals surface area (Å²) in [7, 11) is 0. The van der Waals surface area contributed by atoms with Crippen LogP contribution < -0.4 is 5.32 Å². The number of carbonyl (C=O) groups is 1. The van der Waals surface area contributed by atoms with Crippen molar-refractivity contribution in [3.05, 3.63) is 35.1 Å². The van der Waals surface area contributed by atoms with Gasteiger partial charge in [-0.05, 0) is 44.9 Å². The van der Waals surface area contributed by atoms with Crippen LogP contribution in [-0.4, -0.2) is 25.2 Å². The third kappa shape index (κ3) is 4.84. The van der Waals surface area contributed by atoms with Crippen molar-refractivity contribution in [1.29, 1.82) is 0 Å². The molecule has 0 saturated heterocycles. The van der Waals surface area contributed by atoms with Crippen molar-refractivity contribution in [2.75, 3.05) is 13.2 Å². The molecule has 100 valence electrons. The first-order chi connectivity index (χ1) is 8.50. The van der Waals surface area contributed by atoms with Gasteiger partial charge in [-0.3, -0.25) is 4.79 Å². The first-order valence-corrected chi connectivity index (χ1v) is 6.16. The zero-order chi connectivity index (χ0) is 13.5. The number of rotatable bonds is 6. The van der Waals surface area contributed by atoms with Gasteiger partial charge in [0.1, 0.15) is 5.82 Å². The van der Waals surface area contributed by atoms with Crippen molar-refractivity contribution in [1.82, 2.24) is 5.32 Å².